The van der Waals surface area contributed by atoms with Crippen molar-refractivity contribution in [3.8, 4) is 0 Å². The highest BCUT2D eigenvalue weighted by Gasteiger charge is 2.26. The molecule has 0 aromatic heterocycles. The maximum absolute atomic E-state index is 4.94. The number of halogens is 2. The molecule has 0 aliphatic carbocycles. The zero-order chi connectivity index (χ0) is 22.9. The molecule has 0 unspecified atom stereocenters. The van der Waals surface area contributed by atoms with Crippen LogP contribution in [0.25, 0.3) is 0 Å². The second-order valence-corrected chi connectivity index (χ2v) is 10.1. The van der Waals surface area contributed by atoms with Crippen molar-refractivity contribution < 1.29 is 0 Å². The second-order valence-electron chi connectivity index (χ2n) is 8.48. The molecule has 4 nitrogen and oxygen atoms in total. The molecule has 0 spiro atoms. The first kappa shape index (κ1) is 21.4. The molecular formula is C26H22Br2N4. The Morgan fingerprint density at radius 2 is 0.688 bits per heavy atom. The summed E-state index contributed by atoms with van der Waals surface area (Å²) in [6.07, 6.45) is 8.26. The lowest BCUT2D eigenvalue weighted by Crippen LogP contribution is -1.94. The molecule has 32 heavy (non-hydrogen) atoms. The number of nitrogens with zero attached hydrogens (tertiary/aromatic N) is 4. The van der Waals surface area contributed by atoms with Crippen molar-refractivity contribution in [3.63, 3.8) is 0 Å². The van der Waals surface area contributed by atoms with E-state index in [4.69, 9.17) is 20.0 Å². The molecule has 0 atom stereocenters. The molecule has 5 rings (SSSR count). The van der Waals surface area contributed by atoms with Crippen LogP contribution < -0.4 is 0 Å². The fraction of sp³-hybridized carbons (Fsp3) is 0.231. The van der Waals surface area contributed by atoms with Gasteiger partial charge in [-0.1, -0.05) is 0 Å². The minimum absolute atomic E-state index is 0.869. The maximum Gasteiger partial charge on any atom is 0.0804 e. The van der Waals surface area contributed by atoms with Crippen LogP contribution in [0.1, 0.15) is 41.5 Å². The minimum atomic E-state index is 0.869. The Hall–Kier alpha value is -2.44. The molecule has 0 aromatic carbocycles. The molecule has 5 aliphatic heterocycles. The molecule has 0 fully saturated rings. The average molecular weight is 550 g/mol. The van der Waals surface area contributed by atoms with Gasteiger partial charge in [0.2, 0.25) is 0 Å². The van der Waals surface area contributed by atoms with Crippen molar-refractivity contribution in [2.24, 2.45) is 20.0 Å². The summed E-state index contributed by atoms with van der Waals surface area (Å²) in [5, 5.41) is 0. The van der Waals surface area contributed by atoms with Crippen LogP contribution in [-0.2, 0) is 0 Å². The van der Waals surface area contributed by atoms with Crippen molar-refractivity contribution >= 4 is 54.7 Å². The first-order valence-electron chi connectivity index (χ1n) is 10.5. The van der Waals surface area contributed by atoms with E-state index in [0.717, 1.165) is 71.3 Å². The molecule has 0 saturated carbocycles. The molecule has 0 saturated heterocycles. The first-order valence-corrected chi connectivity index (χ1v) is 12.1. The Bertz CT molecular complexity index is 1170. The van der Waals surface area contributed by atoms with Crippen molar-refractivity contribution in [3.05, 3.63) is 89.5 Å². The number of hydrogen-bond donors (Lipinski definition) is 0. The second kappa shape index (κ2) is 7.56. The standard InChI is InChI=1S/C26H22Br2N4/c1-11-12(2)19-8-21-15(5)25(27)24(31-21)10-22-16(6)26(28)23(32-22)9-20-14(4)13(3)18(30-20)7-17(11)29-19/h7-10H,1-6H3. The van der Waals surface area contributed by atoms with Gasteiger partial charge in [0.05, 0.1) is 45.6 Å². The van der Waals surface area contributed by atoms with Crippen molar-refractivity contribution in [1.82, 2.24) is 0 Å². The third kappa shape index (κ3) is 3.23. The summed E-state index contributed by atoms with van der Waals surface area (Å²) < 4.78 is 1.97. The zero-order valence-electron chi connectivity index (χ0n) is 18.9. The lowest BCUT2D eigenvalue weighted by atomic mass is 10.0. The topological polar surface area (TPSA) is 49.4 Å². The van der Waals surface area contributed by atoms with Gasteiger partial charge < -0.3 is 0 Å². The molecular weight excluding hydrogens is 528 g/mol. The van der Waals surface area contributed by atoms with E-state index in [1.807, 2.05) is 6.08 Å². The third-order valence-corrected chi connectivity index (χ3v) is 8.60. The third-order valence-electron chi connectivity index (χ3n) is 6.60. The lowest BCUT2D eigenvalue weighted by molar-refractivity contribution is 1.31. The summed E-state index contributed by atoms with van der Waals surface area (Å²) in [5.41, 5.74) is 14.2. The van der Waals surface area contributed by atoms with Gasteiger partial charge in [-0.2, -0.15) is 0 Å². The molecule has 5 aliphatic rings. The van der Waals surface area contributed by atoms with E-state index >= 15 is 0 Å². The molecule has 0 N–H and O–H groups in total. The SMILES string of the molecule is CC1=C(C)C2=NC1=CC1=NC(=CC3=NC(=CC4=NC(=C2)C(C)=C4C)C(C)=C3Br)C(C)=C1Br. The van der Waals surface area contributed by atoms with E-state index < -0.39 is 0 Å². The monoisotopic (exact) mass is 548 g/mol. The summed E-state index contributed by atoms with van der Waals surface area (Å²) in [4.78, 5) is 19.7. The van der Waals surface area contributed by atoms with Crippen molar-refractivity contribution in [1.29, 1.82) is 0 Å². The smallest absolute Gasteiger partial charge is 0.0804 e. The predicted molar refractivity (Wildman–Crippen MR) is 142 cm³/mol. The van der Waals surface area contributed by atoms with Gasteiger partial charge in [-0.15, -0.1) is 0 Å². The summed E-state index contributed by atoms with van der Waals surface area (Å²) in [6.45, 7) is 12.6. The molecule has 160 valence electrons. The van der Waals surface area contributed by atoms with Crippen LogP contribution in [0.3, 0.4) is 0 Å². The van der Waals surface area contributed by atoms with Gasteiger partial charge in [0.25, 0.3) is 0 Å². The van der Waals surface area contributed by atoms with Crippen LogP contribution in [0, 0.1) is 0 Å². The van der Waals surface area contributed by atoms with Gasteiger partial charge in [-0.3, -0.25) is 0 Å². The van der Waals surface area contributed by atoms with E-state index in [1.54, 1.807) is 0 Å². The molecule has 0 amide bonds. The fourth-order valence-corrected chi connectivity index (χ4v) is 4.86. The molecule has 5 heterocycles. The Labute approximate surface area is 205 Å². The van der Waals surface area contributed by atoms with Crippen LogP contribution in [0.2, 0.25) is 0 Å². The number of allylic oxidation sites excluding steroid dienone is 12. The quantitative estimate of drug-likeness (QED) is 0.303. The van der Waals surface area contributed by atoms with Gasteiger partial charge in [-0.05, 0) is 131 Å². The van der Waals surface area contributed by atoms with Gasteiger partial charge in [-0.25, -0.2) is 20.0 Å². The lowest BCUT2D eigenvalue weighted by Gasteiger charge is -1.99. The van der Waals surface area contributed by atoms with E-state index in [1.165, 1.54) is 16.7 Å². The van der Waals surface area contributed by atoms with Crippen molar-refractivity contribution in [2.45, 2.75) is 41.5 Å². The molecule has 8 bridgehead atoms. The molecule has 0 aromatic rings. The predicted octanol–water partition coefficient (Wildman–Crippen LogP) is 7.36. The Morgan fingerprint density at radius 1 is 0.406 bits per heavy atom. The van der Waals surface area contributed by atoms with Crippen LogP contribution in [-0.4, -0.2) is 22.8 Å². The summed E-state index contributed by atoms with van der Waals surface area (Å²) >= 11 is 7.48. The average Bonchev–Trinajstić information content (AvgIpc) is 3.37. The Balaban J connectivity index is 1.79. The van der Waals surface area contributed by atoms with Gasteiger partial charge >= 0.3 is 0 Å². The van der Waals surface area contributed by atoms with E-state index in [-0.39, 0.29) is 0 Å². The molecule has 0 radical (unpaired) electrons. The van der Waals surface area contributed by atoms with E-state index in [9.17, 15) is 0 Å². The molecule has 6 heteroatoms. The summed E-state index contributed by atoms with van der Waals surface area (Å²) in [5.74, 6) is 0. The number of hydrogen-bond acceptors (Lipinski definition) is 4. The number of rotatable bonds is 0. The highest BCUT2D eigenvalue weighted by Crippen LogP contribution is 2.37. The zero-order valence-corrected chi connectivity index (χ0v) is 22.0. The van der Waals surface area contributed by atoms with Crippen LogP contribution in [0.5, 0.6) is 0 Å². The summed E-state index contributed by atoms with van der Waals surface area (Å²) in [7, 11) is 0. The van der Waals surface area contributed by atoms with Crippen molar-refractivity contribution in [2.75, 3.05) is 0 Å². The van der Waals surface area contributed by atoms with Gasteiger partial charge in [0, 0.05) is 8.96 Å². The highest BCUT2D eigenvalue weighted by molar-refractivity contribution is 9.12. The Kier molecular flexibility index (Phi) is 5.06. The number of fused-ring (bicyclic) bond motifs is 4. The fourth-order valence-electron chi connectivity index (χ4n) is 4.05. The summed E-state index contributed by atoms with van der Waals surface area (Å²) in [6, 6.07) is 0. The normalized spacial score (nSPS) is 22.8. The maximum atomic E-state index is 4.94. The largest absolute Gasteiger partial charge is 0.248 e. The van der Waals surface area contributed by atoms with Gasteiger partial charge in [0.1, 0.15) is 0 Å². The first-order chi connectivity index (χ1) is 15.2. The Morgan fingerprint density at radius 3 is 1.06 bits per heavy atom. The van der Waals surface area contributed by atoms with Crippen LogP contribution in [0.15, 0.2) is 109 Å². The van der Waals surface area contributed by atoms with Crippen LogP contribution in [0.4, 0.5) is 0 Å². The van der Waals surface area contributed by atoms with E-state index in [0.29, 0.717) is 0 Å². The minimum Gasteiger partial charge on any atom is -0.248 e. The van der Waals surface area contributed by atoms with E-state index in [2.05, 4.69) is 91.6 Å². The number of aliphatic imine (C=N–C) groups is 4. The highest BCUT2D eigenvalue weighted by atomic mass is 79.9. The van der Waals surface area contributed by atoms with Gasteiger partial charge in [0.15, 0.2) is 0 Å². The van der Waals surface area contributed by atoms with Crippen LogP contribution >= 0.6 is 31.9 Å².